The molecule has 0 aliphatic rings. The molecule has 1 aromatic carbocycles. The van der Waals surface area contributed by atoms with Crippen LogP contribution in [0.2, 0.25) is 0 Å². The maximum absolute atomic E-state index is 10.9. The molecule has 1 amide bonds. The quantitative estimate of drug-likeness (QED) is 0.709. The molecule has 0 saturated heterocycles. The number of ether oxygens (including phenoxy) is 1. The van der Waals surface area contributed by atoms with Crippen molar-refractivity contribution in [3.05, 3.63) is 23.8 Å². The molecule has 0 unspecified atom stereocenters. The number of methoxy groups -OCH3 is 1. The number of nitrogens with zero attached hydrogens (tertiary/aromatic N) is 1. The Labute approximate surface area is 101 Å². The van der Waals surface area contributed by atoms with Crippen molar-refractivity contribution in [3.8, 4) is 5.75 Å². The largest absolute Gasteiger partial charge is 0.496 e. The smallest absolute Gasteiger partial charge is 0.231 e. The van der Waals surface area contributed by atoms with Crippen molar-refractivity contribution in [2.24, 2.45) is 5.73 Å². The number of likely N-dealkylation sites (N-methyl/N-ethyl adjacent to an activating group) is 1. The van der Waals surface area contributed by atoms with Crippen molar-refractivity contribution in [3.63, 3.8) is 0 Å². The van der Waals surface area contributed by atoms with Crippen molar-refractivity contribution in [2.75, 3.05) is 25.9 Å². The minimum atomic E-state index is -0.332. The summed E-state index contributed by atoms with van der Waals surface area (Å²) >= 11 is 0. The number of carbonyl (C=O) groups excluding carboxylic acids is 1. The maximum Gasteiger partial charge on any atom is 0.231 e. The molecule has 5 heteroatoms. The number of amides is 1. The van der Waals surface area contributed by atoms with Gasteiger partial charge in [0.05, 0.1) is 13.7 Å². The second-order valence-electron chi connectivity index (χ2n) is 3.84. The van der Waals surface area contributed by atoms with E-state index in [2.05, 4.69) is 0 Å². The highest BCUT2D eigenvalue weighted by Gasteiger charge is 2.10. The summed E-state index contributed by atoms with van der Waals surface area (Å²) in [6, 6.07) is 5.49. The lowest BCUT2D eigenvalue weighted by Gasteiger charge is -2.20. The lowest BCUT2D eigenvalue weighted by atomic mass is 10.1. The van der Waals surface area contributed by atoms with E-state index in [1.807, 2.05) is 24.0 Å². The molecule has 0 atom stereocenters. The lowest BCUT2D eigenvalue weighted by molar-refractivity contribution is -0.119. The molecule has 0 saturated carbocycles. The van der Waals surface area contributed by atoms with Gasteiger partial charge in [-0.3, -0.25) is 9.69 Å². The number of primary amides is 1. The first-order valence-electron chi connectivity index (χ1n) is 5.49. The molecule has 5 nitrogen and oxygen atoms in total. The van der Waals surface area contributed by atoms with Crippen molar-refractivity contribution >= 4 is 11.6 Å². The zero-order chi connectivity index (χ0) is 12.8. The topological polar surface area (TPSA) is 81.6 Å². The number of hydrogen-bond acceptors (Lipinski definition) is 4. The van der Waals surface area contributed by atoms with Gasteiger partial charge in [-0.1, -0.05) is 13.0 Å². The molecular weight excluding hydrogens is 218 g/mol. The van der Waals surface area contributed by atoms with E-state index >= 15 is 0 Å². The van der Waals surface area contributed by atoms with Crippen LogP contribution in [-0.4, -0.2) is 31.0 Å². The normalized spacial score (nSPS) is 10.5. The van der Waals surface area contributed by atoms with Gasteiger partial charge >= 0.3 is 0 Å². The first-order valence-corrected chi connectivity index (χ1v) is 5.49. The number of rotatable bonds is 6. The number of nitrogens with two attached hydrogens (primary N) is 2. The Kier molecular flexibility index (Phi) is 4.78. The van der Waals surface area contributed by atoms with Crippen LogP contribution in [0.15, 0.2) is 18.2 Å². The molecule has 0 fully saturated rings. The van der Waals surface area contributed by atoms with E-state index in [0.717, 1.165) is 17.9 Å². The summed E-state index contributed by atoms with van der Waals surface area (Å²) in [7, 11) is 1.60. The highest BCUT2D eigenvalue weighted by Crippen LogP contribution is 2.22. The van der Waals surface area contributed by atoms with E-state index in [9.17, 15) is 4.79 Å². The molecule has 1 aromatic rings. The monoisotopic (exact) mass is 237 g/mol. The second kappa shape index (κ2) is 6.10. The van der Waals surface area contributed by atoms with Gasteiger partial charge in [0, 0.05) is 23.9 Å². The summed E-state index contributed by atoms with van der Waals surface area (Å²) in [5.41, 5.74) is 12.5. The second-order valence-corrected chi connectivity index (χ2v) is 3.84. The van der Waals surface area contributed by atoms with Crippen LogP contribution in [-0.2, 0) is 11.3 Å². The van der Waals surface area contributed by atoms with Gasteiger partial charge in [-0.15, -0.1) is 0 Å². The average molecular weight is 237 g/mol. The Morgan fingerprint density at radius 1 is 1.47 bits per heavy atom. The SMILES string of the molecule is CCN(CC(N)=O)Cc1ccc(N)cc1OC. The predicted molar refractivity (Wildman–Crippen MR) is 67.6 cm³/mol. The van der Waals surface area contributed by atoms with Crippen molar-refractivity contribution in [1.29, 1.82) is 0 Å². The van der Waals surface area contributed by atoms with Crippen molar-refractivity contribution in [2.45, 2.75) is 13.5 Å². The van der Waals surface area contributed by atoms with Crippen LogP contribution in [0.4, 0.5) is 5.69 Å². The Bertz CT molecular complexity index is 393. The third kappa shape index (κ3) is 3.96. The van der Waals surface area contributed by atoms with E-state index in [0.29, 0.717) is 12.2 Å². The first-order chi connectivity index (χ1) is 8.06. The molecule has 0 radical (unpaired) electrons. The first kappa shape index (κ1) is 13.3. The Balaban J connectivity index is 2.81. The average Bonchev–Trinajstić information content (AvgIpc) is 2.29. The lowest BCUT2D eigenvalue weighted by Crippen LogP contribution is -2.33. The molecule has 0 aliphatic carbocycles. The minimum absolute atomic E-state index is 0.240. The standard InChI is InChI=1S/C12H19N3O2/c1-3-15(8-12(14)16)7-9-4-5-10(13)6-11(9)17-2/h4-6H,3,7-8,13H2,1-2H3,(H2,14,16). The molecule has 0 aliphatic heterocycles. The summed E-state index contributed by atoms with van der Waals surface area (Å²) in [4.78, 5) is 12.8. The van der Waals surface area contributed by atoms with Crippen molar-refractivity contribution in [1.82, 2.24) is 4.90 Å². The van der Waals surface area contributed by atoms with E-state index in [4.69, 9.17) is 16.2 Å². The highest BCUT2D eigenvalue weighted by molar-refractivity contribution is 5.75. The molecule has 1 rings (SSSR count). The van der Waals surface area contributed by atoms with Gasteiger partial charge in [0.1, 0.15) is 5.75 Å². The molecule has 0 spiro atoms. The van der Waals surface area contributed by atoms with Crippen LogP contribution in [0, 0.1) is 0 Å². The molecule has 4 N–H and O–H groups in total. The fraction of sp³-hybridized carbons (Fsp3) is 0.417. The molecule has 17 heavy (non-hydrogen) atoms. The van der Waals surface area contributed by atoms with Crippen LogP contribution < -0.4 is 16.2 Å². The molecular formula is C12H19N3O2. The fourth-order valence-electron chi connectivity index (χ4n) is 1.63. The van der Waals surface area contributed by atoms with Crippen LogP contribution in [0.1, 0.15) is 12.5 Å². The number of carbonyl (C=O) groups is 1. The molecule has 0 bridgehead atoms. The predicted octanol–water partition coefficient (Wildman–Crippen LogP) is 0.585. The van der Waals surface area contributed by atoms with Gasteiger partial charge in [-0.2, -0.15) is 0 Å². The number of nitrogen functional groups attached to an aromatic ring is 1. The van der Waals surface area contributed by atoms with Gasteiger partial charge in [-0.05, 0) is 12.6 Å². The van der Waals surface area contributed by atoms with E-state index < -0.39 is 0 Å². The number of hydrogen-bond donors (Lipinski definition) is 2. The summed E-state index contributed by atoms with van der Waals surface area (Å²) in [5.74, 6) is 0.397. The van der Waals surface area contributed by atoms with Crippen LogP contribution in [0.3, 0.4) is 0 Å². The van der Waals surface area contributed by atoms with E-state index in [1.165, 1.54) is 0 Å². The molecule has 0 aromatic heterocycles. The van der Waals surface area contributed by atoms with Gasteiger partial charge < -0.3 is 16.2 Å². The molecule has 94 valence electrons. The fourth-order valence-corrected chi connectivity index (χ4v) is 1.63. The van der Waals surface area contributed by atoms with Gasteiger partial charge in [0.25, 0.3) is 0 Å². The van der Waals surface area contributed by atoms with Gasteiger partial charge in [0.2, 0.25) is 5.91 Å². The number of benzene rings is 1. The zero-order valence-corrected chi connectivity index (χ0v) is 10.3. The zero-order valence-electron chi connectivity index (χ0n) is 10.3. The number of anilines is 1. The van der Waals surface area contributed by atoms with E-state index in [-0.39, 0.29) is 12.5 Å². The maximum atomic E-state index is 10.9. The minimum Gasteiger partial charge on any atom is -0.496 e. The summed E-state index contributed by atoms with van der Waals surface area (Å²) in [6.45, 7) is 3.58. The van der Waals surface area contributed by atoms with Gasteiger partial charge in [0.15, 0.2) is 0 Å². The summed E-state index contributed by atoms with van der Waals surface area (Å²) in [6.07, 6.45) is 0. The van der Waals surface area contributed by atoms with E-state index in [1.54, 1.807) is 13.2 Å². The Hall–Kier alpha value is -1.75. The third-order valence-electron chi connectivity index (χ3n) is 2.53. The third-order valence-corrected chi connectivity index (χ3v) is 2.53. The highest BCUT2D eigenvalue weighted by atomic mass is 16.5. The van der Waals surface area contributed by atoms with Crippen molar-refractivity contribution < 1.29 is 9.53 Å². The molecule has 0 heterocycles. The van der Waals surface area contributed by atoms with Crippen LogP contribution in [0.5, 0.6) is 5.75 Å². The Morgan fingerprint density at radius 3 is 2.71 bits per heavy atom. The summed E-state index contributed by atoms with van der Waals surface area (Å²) in [5, 5.41) is 0. The summed E-state index contributed by atoms with van der Waals surface area (Å²) < 4.78 is 5.25. The van der Waals surface area contributed by atoms with Crippen LogP contribution >= 0.6 is 0 Å². The van der Waals surface area contributed by atoms with Gasteiger partial charge in [-0.25, -0.2) is 0 Å². The van der Waals surface area contributed by atoms with Crippen LogP contribution in [0.25, 0.3) is 0 Å². The Morgan fingerprint density at radius 2 is 2.18 bits per heavy atom.